The highest BCUT2D eigenvalue weighted by Gasteiger charge is 2.28. The number of piperidine rings is 1. The lowest BCUT2D eigenvalue weighted by atomic mass is 9.84. The summed E-state index contributed by atoms with van der Waals surface area (Å²) in [6.07, 6.45) is 2.46. The quantitative estimate of drug-likeness (QED) is 0.649. The fourth-order valence-corrected chi connectivity index (χ4v) is 3.30. The minimum atomic E-state index is -0.784. The van der Waals surface area contributed by atoms with Gasteiger partial charge in [0.05, 0.1) is 5.75 Å². The number of hydrogen-bond donors (Lipinski definition) is 2. The molecular weight excluding hydrogens is 292 g/mol. The second-order valence-electron chi connectivity index (χ2n) is 5.59. The summed E-state index contributed by atoms with van der Waals surface area (Å²) in [5, 5.41) is 8.86. The molecule has 0 bridgehead atoms. The molecule has 21 heavy (non-hydrogen) atoms. The summed E-state index contributed by atoms with van der Waals surface area (Å²) >= 11 is 1.37. The number of carboxylic acid groups (broad SMARTS) is 1. The van der Waals surface area contributed by atoms with E-state index in [9.17, 15) is 14.4 Å². The highest BCUT2D eigenvalue weighted by molar-refractivity contribution is 7.99. The standard InChI is InChI=1S/C14H24N2O4S/c1-10(7-14(19)20)11-3-2-5-16(8-11)13(18)4-6-21-9-12(15)17/h10-11H,2-9H2,1H3,(H2,15,17)(H,19,20). The zero-order valence-corrected chi connectivity index (χ0v) is 13.2. The van der Waals surface area contributed by atoms with Crippen LogP contribution >= 0.6 is 11.8 Å². The number of nitrogens with two attached hydrogens (primary N) is 1. The molecule has 0 aliphatic carbocycles. The van der Waals surface area contributed by atoms with Crippen molar-refractivity contribution in [1.82, 2.24) is 4.90 Å². The van der Waals surface area contributed by atoms with E-state index in [2.05, 4.69) is 0 Å². The Balaban J connectivity index is 2.35. The molecular formula is C14H24N2O4S. The molecule has 0 radical (unpaired) electrons. The molecule has 3 N–H and O–H groups in total. The highest BCUT2D eigenvalue weighted by atomic mass is 32.2. The maximum Gasteiger partial charge on any atom is 0.303 e. The van der Waals surface area contributed by atoms with Gasteiger partial charge in [0.1, 0.15) is 0 Å². The minimum Gasteiger partial charge on any atom is -0.481 e. The molecule has 0 aromatic heterocycles. The lowest BCUT2D eigenvalue weighted by molar-refractivity contribution is -0.138. The normalized spacial score (nSPS) is 20.0. The Kier molecular flexibility index (Phi) is 7.56. The Morgan fingerprint density at radius 1 is 1.43 bits per heavy atom. The molecule has 1 heterocycles. The monoisotopic (exact) mass is 316 g/mol. The number of thioether (sulfide) groups is 1. The molecule has 1 fully saturated rings. The summed E-state index contributed by atoms with van der Waals surface area (Å²) in [6.45, 7) is 3.33. The van der Waals surface area contributed by atoms with Gasteiger partial charge in [0.15, 0.2) is 0 Å². The number of rotatable bonds is 8. The fraction of sp³-hybridized carbons (Fsp3) is 0.786. The summed E-state index contributed by atoms with van der Waals surface area (Å²) in [7, 11) is 0. The second kappa shape index (κ2) is 8.92. The molecule has 6 nitrogen and oxygen atoms in total. The number of aliphatic carboxylic acids is 1. The Labute approximate surface area is 129 Å². The van der Waals surface area contributed by atoms with Crippen molar-refractivity contribution in [2.45, 2.75) is 32.6 Å². The van der Waals surface area contributed by atoms with E-state index in [0.29, 0.717) is 18.7 Å². The van der Waals surface area contributed by atoms with Crippen LogP contribution < -0.4 is 5.73 Å². The van der Waals surface area contributed by atoms with Crippen LogP contribution in [0.4, 0.5) is 0 Å². The molecule has 0 spiro atoms. The number of hydrogen-bond acceptors (Lipinski definition) is 4. The smallest absolute Gasteiger partial charge is 0.303 e. The predicted octanol–water partition coefficient (Wildman–Crippen LogP) is 0.944. The highest BCUT2D eigenvalue weighted by Crippen LogP contribution is 2.26. The van der Waals surface area contributed by atoms with E-state index in [-0.39, 0.29) is 35.8 Å². The van der Waals surface area contributed by atoms with Crippen LogP contribution in [0.15, 0.2) is 0 Å². The van der Waals surface area contributed by atoms with Gasteiger partial charge >= 0.3 is 5.97 Å². The van der Waals surface area contributed by atoms with Crippen LogP contribution in [0.25, 0.3) is 0 Å². The van der Waals surface area contributed by atoms with E-state index in [1.54, 1.807) is 0 Å². The van der Waals surface area contributed by atoms with Crippen molar-refractivity contribution in [3.8, 4) is 0 Å². The van der Waals surface area contributed by atoms with Crippen molar-refractivity contribution in [1.29, 1.82) is 0 Å². The van der Waals surface area contributed by atoms with E-state index in [1.807, 2.05) is 11.8 Å². The summed E-state index contributed by atoms with van der Waals surface area (Å²) in [6, 6.07) is 0. The summed E-state index contributed by atoms with van der Waals surface area (Å²) in [5.41, 5.74) is 5.04. The van der Waals surface area contributed by atoms with Crippen molar-refractivity contribution in [2.24, 2.45) is 17.6 Å². The predicted molar refractivity (Wildman–Crippen MR) is 81.9 cm³/mol. The molecule has 1 aliphatic heterocycles. The van der Waals surface area contributed by atoms with E-state index in [4.69, 9.17) is 10.8 Å². The van der Waals surface area contributed by atoms with Gasteiger partial charge < -0.3 is 15.7 Å². The summed E-state index contributed by atoms with van der Waals surface area (Å²) in [5.74, 6) is 0.111. The van der Waals surface area contributed by atoms with Crippen LogP contribution in [-0.4, -0.2) is 52.4 Å². The van der Waals surface area contributed by atoms with Gasteiger partial charge in [0.2, 0.25) is 11.8 Å². The Hall–Kier alpha value is -1.24. The zero-order valence-electron chi connectivity index (χ0n) is 12.4. The summed E-state index contributed by atoms with van der Waals surface area (Å²) in [4.78, 5) is 35.3. The largest absolute Gasteiger partial charge is 0.481 e. The third-order valence-electron chi connectivity index (χ3n) is 3.82. The van der Waals surface area contributed by atoms with Crippen LogP contribution in [0.1, 0.15) is 32.6 Å². The molecule has 1 rings (SSSR count). The lowest BCUT2D eigenvalue weighted by Gasteiger charge is -2.35. The SMILES string of the molecule is CC(CC(=O)O)C1CCCN(C(=O)CCSCC(N)=O)C1. The van der Waals surface area contributed by atoms with Gasteiger partial charge in [-0.05, 0) is 24.7 Å². The number of carbonyl (C=O) groups is 3. The first-order chi connectivity index (χ1) is 9.90. The van der Waals surface area contributed by atoms with Crippen molar-refractivity contribution in [2.75, 3.05) is 24.6 Å². The van der Waals surface area contributed by atoms with Crippen molar-refractivity contribution >= 4 is 29.5 Å². The molecule has 0 aromatic rings. The number of primary amides is 1. The van der Waals surface area contributed by atoms with Crippen LogP contribution in [-0.2, 0) is 14.4 Å². The lowest BCUT2D eigenvalue weighted by Crippen LogP contribution is -2.42. The molecule has 1 saturated heterocycles. The molecule has 2 amide bonds. The average molecular weight is 316 g/mol. The second-order valence-corrected chi connectivity index (χ2v) is 6.69. The number of carbonyl (C=O) groups excluding carboxylic acids is 2. The fourth-order valence-electron chi connectivity index (χ4n) is 2.63. The molecule has 120 valence electrons. The molecule has 2 unspecified atom stereocenters. The molecule has 2 atom stereocenters. The van der Waals surface area contributed by atoms with Crippen molar-refractivity contribution in [3.63, 3.8) is 0 Å². The minimum absolute atomic E-state index is 0.0826. The average Bonchev–Trinajstić information content (AvgIpc) is 2.42. The van der Waals surface area contributed by atoms with Gasteiger partial charge in [-0.1, -0.05) is 6.92 Å². The first-order valence-electron chi connectivity index (χ1n) is 7.25. The van der Waals surface area contributed by atoms with Gasteiger partial charge in [-0.25, -0.2) is 0 Å². The summed E-state index contributed by atoms with van der Waals surface area (Å²) < 4.78 is 0. The van der Waals surface area contributed by atoms with Gasteiger partial charge in [0.25, 0.3) is 0 Å². The number of carboxylic acids is 1. The van der Waals surface area contributed by atoms with Gasteiger partial charge in [-0.2, -0.15) is 11.8 Å². The van der Waals surface area contributed by atoms with Gasteiger partial charge in [0, 0.05) is 31.7 Å². The van der Waals surface area contributed by atoms with Gasteiger partial charge in [-0.15, -0.1) is 0 Å². The Bertz CT molecular complexity index is 389. The third kappa shape index (κ3) is 6.84. The maximum atomic E-state index is 12.1. The van der Waals surface area contributed by atoms with Gasteiger partial charge in [-0.3, -0.25) is 14.4 Å². The maximum absolute atomic E-state index is 12.1. The van der Waals surface area contributed by atoms with Crippen LogP contribution in [0.2, 0.25) is 0 Å². The molecule has 7 heteroatoms. The number of likely N-dealkylation sites (tertiary alicyclic amines) is 1. The Morgan fingerprint density at radius 2 is 2.14 bits per heavy atom. The first kappa shape index (κ1) is 17.8. The molecule has 0 saturated carbocycles. The van der Waals surface area contributed by atoms with E-state index < -0.39 is 5.97 Å². The van der Waals surface area contributed by atoms with Crippen LogP contribution in [0, 0.1) is 11.8 Å². The Morgan fingerprint density at radius 3 is 2.76 bits per heavy atom. The van der Waals surface area contributed by atoms with E-state index in [0.717, 1.165) is 19.4 Å². The van der Waals surface area contributed by atoms with Crippen LogP contribution in [0.5, 0.6) is 0 Å². The number of amides is 2. The van der Waals surface area contributed by atoms with E-state index >= 15 is 0 Å². The zero-order chi connectivity index (χ0) is 15.8. The van der Waals surface area contributed by atoms with E-state index in [1.165, 1.54) is 11.8 Å². The van der Waals surface area contributed by atoms with Crippen molar-refractivity contribution < 1.29 is 19.5 Å². The van der Waals surface area contributed by atoms with Crippen molar-refractivity contribution in [3.05, 3.63) is 0 Å². The molecule has 0 aromatic carbocycles. The topological polar surface area (TPSA) is 101 Å². The molecule has 1 aliphatic rings. The third-order valence-corrected chi connectivity index (χ3v) is 4.80. The first-order valence-corrected chi connectivity index (χ1v) is 8.41. The van der Waals surface area contributed by atoms with Crippen LogP contribution in [0.3, 0.4) is 0 Å². The number of nitrogens with zero attached hydrogens (tertiary/aromatic N) is 1.